The molecule has 2 aliphatic rings. The third-order valence-electron chi connectivity index (χ3n) is 5.26. The van der Waals surface area contributed by atoms with Crippen LogP contribution < -0.4 is 5.32 Å². The molecular formula is C18H26N4O. The predicted octanol–water partition coefficient (Wildman–Crippen LogP) is 2.10. The van der Waals surface area contributed by atoms with Crippen LogP contribution in [0.2, 0.25) is 0 Å². The largest absolute Gasteiger partial charge is 0.371 e. The minimum Gasteiger partial charge on any atom is -0.371 e. The van der Waals surface area contributed by atoms with Gasteiger partial charge in [0.25, 0.3) is 0 Å². The molecule has 0 aliphatic carbocycles. The van der Waals surface area contributed by atoms with Gasteiger partial charge in [0.15, 0.2) is 0 Å². The van der Waals surface area contributed by atoms with E-state index in [1.807, 2.05) is 0 Å². The van der Waals surface area contributed by atoms with Gasteiger partial charge in [-0.05, 0) is 51.5 Å². The van der Waals surface area contributed by atoms with E-state index in [2.05, 4.69) is 47.0 Å². The van der Waals surface area contributed by atoms with Gasteiger partial charge in [0, 0.05) is 12.6 Å². The summed E-state index contributed by atoms with van der Waals surface area (Å²) in [6.45, 7) is 6.87. The van der Waals surface area contributed by atoms with E-state index in [1.54, 1.807) is 0 Å². The maximum atomic E-state index is 5.80. The number of para-hydroxylation sites is 1. The first-order valence-electron chi connectivity index (χ1n) is 8.68. The SMILES string of the molecule is Cc1cccc2c1nc1n2[C@@H](CNC2CCN(C)CC2)COC1. The molecule has 124 valence electrons. The van der Waals surface area contributed by atoms with Crippen LogP contribution in [0.15, 0.2) is 18.2 Å². The minimum absolute atomic E-state index is 0.338. The first-order valence-corrected chi connectivity index (χ1v) is 8.68. The smallest absolute Gasteiger partial charge is 0.136 e. The molecule has 2 aromatic rings. The molecule has 1 fully saturated rings. The zero-order valence-electron chi connectivity index (χ0n) is 14.1. The quantitative estimate of drug-likeness (QED) is 0.942. The summed E-state index contributed by atoms with van der Waals surface area (Å²) in [6.07, 6.45) is 2.47. The Morgan fingerprint density at radius 2 is 2.13 bits per heavy atom. The molecule has 1 atom stereocenters. The highest BCUT2D eigenvalue weighted by Crippen LogP contribution is 2.27. The van der Waals surface area contributed by atoms with Gasteiger partial charge in [0.1, 0.15) is 12.4 Å². The topological polar surface area (TPSA) is 42.3 Å². The molecule has 0 saturated carbocycles. The van der Waals surface area contributed by atoms with E-state index in [4.69, 9.17) is 9.72 Å². The number of nitrogens with one attached hydrogen (secondary N) is 1. The number of benzene rings is 1. The number of hydrogen-bond donors (Lipinski definition) is 1. The predicted molar refractivity (Wildman–Crippen MR) is 91.7 cm³/mol. The highest BCUT2D eigenvalue weighted by atomic mass is 16.5. The third kappa shape index (κ3) is 2.89. The Bertz CT molecular complexity index is 688. The zero-order chi connectivity index (χ0) is 15.8. The lowest BCUT2D eigenvalue weighted by atomic mass is 10.1. The van der Waals surface area contributed by atoms with Crippen LogP contribution in [0.4, 0.5) is 0 Å². The Labute approximate surface area is 137 Å². The Hall–Kier alpha value is -1.43. The number of imidazole rings is 1. The van der Waals surface area contributed by atoms with Crippen LogP contribution in [0.5, 0.6) is 0 Å². The van der Waals surface area contributed by atoms with Crippen LogP contribution in [0.25, 0.3) is 11.0 Å². The number of likely N-dealkylation sites (tertiary alicyclic amines) is 1. The van der Waals surface area contributed by atoms with Crippen molar-refractivity contribution < 1.29 is 4.74 Å². The van der Waals surface area contributed by atoms with Gasteiger partial charge in [-0.15, -0.1) is 0 Å². The second kappa shape index (κ2) is 6.23. The fraction of sp³-hybridized carbons (Fsp3) is 0.611. The van der Waals surface area contributed by atoms with Crippen LogP contribution in [0, 0.1) is 6.92 Å². The summed E-state index contributed by atoms with van der Waals surface area (Å²) in [5.74, 6) is 1.07. The molecule has 23 heavy (non-hydrogen) atoms. The number of hydrogen-bond acceptors (Lipinski definition) is 4. The number of nitrogens with zero attached hydrogens (tertiary/aromatic N) is 3. The number of rotatable bonds is 3. The molecule has 0 unspecified atom stereocenters. The molecule has 1 N–H and O–H groups in total. The first-order chi connectivity index (χ1) is 11.2. The van der Waals surface area contributed by atoms with Gasteiger partial charge in [0.05, 0.1) is 23.7 Å². The molecule has 4 rings (SSSR count). The van der Waals surface area contributed by atoms with Crippen LogP contribution >= 0.6 is 0 Å². The molecule has 0 amide bonds. The summed E-state index contributed by atoms with van der Waals surface area (Å²) < 4.78 is 8.20. The summed E-state index contributed by atoms with van der Waals surface area (Å²) in [5, 5.41) is 3.77. The third-order valence-corrected chi connectivity index (χ3v) is 5.26. The van der Waals surface area contributed by atoms with Crippen LogP contribution in [-0.4, -0.2) is 53.8 Å². The van der Waals surface area contributed by atoms with Crippen molar-refractivity contribution in [2.75, 3.05) is 33.3 Å². The van der Waals surface area contributed by atoms with Crippen LogP contribution in [-0.2, 0) is 11.3 Å². The second-order valence-corrected chi connectivity index (χ2v) is 7.00. The number of aromatic nitrogens is 2. The van der Waals surface area contributed by atoms with E-state index < -0.39 is 0 Å². The lowest BCUT2D eigenvalue weighted by molar-refractivity contribution is 0.0547. The molecule has 1 aromatic heterocycles. The van der Waals surface area contributed by atoms with Gasteiger partial charge < -0.3 is 19.5 Å². The number of piperidine rings is 1. The monoisotopic (exact) mass is 314 g/mol. The van der Waals surface area contributed by atoms with E-state index >= 15 is 0 Å². The highest BCUT2D eigenvalue weighted by Gasteiger charge is 2.25. The lowest BCUT2D eigenvalue weighted by Gasteiger charge is -2.32. The van der Waals surface area contributed by atoms with Crippen molar-refractivity contribution in [1.82, 2.24) is 19.8 Å². The molecule has 5 heteroatoms. The number of fused-ring (bicyclic) bond motifs is 3. The van der Waals surface area contributed by atoms with Gasteiger partial charge in [0.2, 0.25) is 0 Å². The summed E-state index contributed by atoms with van der Waals surface area (Å²) in [7, 11) is 2.21. The van der Waals surface area contributed by atoms with Gasteiger partial charge >= 0.3 is 0 Å². The maximum absolute atomic E-state index is 5.80. The number of ether oxygens (including phenoxy) is 1. The van der Waals surface area contributed by atoms with Crippen molar-refractivity contribution in [3.05, 3.63) is 29.6 Å². The Balaban J connectivity index is 1.53. The van der Waals surface area contributed by atoms with Gasteiger partial charge in [-0.1, -0.05) is 12.1 Å². The van der Waals surface area contributed by atoms with E-state index in [1.165, 1.54) is 37.0 Å². The lowest BCUT2D eigenvalue weighted by Crippen LogP contribution is -2.44. The first kappa shape index (κ1) is 15.1. The Kier molecular flexibility index (Phi) is 4.09. The zero-order valence-corrected chi connectivity index (χ0v) is 14.1. The average Bonchev–Trinajstić information content (AvgIpc) is 2.95. The van der Waals surface area contributed by atoms with Crippen molar-refractivity contribution in [1.29, 1.82) is 0 Å². The molecule has 0 radical (unpaired) electrons. The van der Waals surface area contributed by atoms with Crippen LogP contribution in [0.1, 0.15) is 30.3 Å². The fourth-order valence-electron chi connectivity index (χ4n) is 3.84. The molecular weight excluding hydrogens is 288 g/mol. The molecule has 1 aromatic carbocycles. The summed E-state index contributed by atoms with van der Waals surface area (Å²) in [6, 6.07) is 7.42. The summed E-state index contributed by atoms with van der Waals surface area (Å²) >= 11 is 0. The molecule has 3 heterocycles. The van der Waals surface area contributed by atoms with Gasteiger partial charge in [-0.25, -0.2) is 4.98 Å². The second-order valence-electron chi connectivity index (χ2n) is 7.00. The molecule has 2 aliphatic heterocycles. The van der Waals surface area contributed by atoms with E-state index in [0.29, 0.717) is 18.7 Å². The summed E-state index contributed by atoms with van der Waals surface area (Å²) in [4.78, 5) is 7.22. The fourth-order valence-corrected chi connectivity index (χ4v) is 3.84. The van der Waals surface area contributed by atoms with Crippen molar-refractivity contribution in [3.63, 3.8) is 0 Å². The standard InChI is InChI=1S/C18H26N4O/c1-13-4-3-5-16-18(13)20-17-12-23-11-15(22(16)17)10-19-14-6-8-21(2)9-7-14/h3-5,14-15,19H,6-12H2,1-2H3/t15-/m0/s1. The number of aryl methyl sites for hydroxylation is 1. The van der Waals surface area contributed by atoms with Crippen LogP contribution in [0.3, 0.4) is 0 Å². The Morgan fingerprint density at radius 1 is 1.30 bits per heavy atom. The van der Waals surface area contributed by atoms with Gasteiger partial charge in [-0.2, -0.15) is 0 Å². The molecule has 1 saturated heterocycles. The van der Waals surface area contributed by atoms with E-state index in [0.717, 1.165) is 24.5 Å². The highest BCUT2D eigenvalue weighted by molar-refractivity contribution is 5.79. The van der Waals surface area contributed by atoms with Crippen molar-refractivity contribution >= 4 is 11.0 Å². The van der Waals surface area contributed by atoms with E-state index in [-0.39, 0.29) is 0 Å². The molecule has 0 bridgehead atoms. The summed E-state index contributed by atoms with van der Waals surface area (Å²) in [5.41, 5.74) is 3.61. The maximum Gasteiger partial charge on any atom is 0.136 e. The Morgan fingerprint density at radius 3 is 2.96 bits per heavy atom. The normalized spacial score (nSPS) is 23.3. The van der Waals surface area contributed by atoms with Crippen molar-refractivity contribution in [2.24, 2.45) is 0 Å². The van der Waals surface area contributed by atoms with Crippen molar-refractivity contribution in [3.8, 4) is 0 Å². The van der Waals surface area contributed by atoms with E-state index in [9.17, 15) is 0 Å². The molecule has 0 spiro atoms. The minimum atomic E-state index is 0.338. The molecule has 5 nitrogen and oxygen atoms in total. The average molecular weight is 314 g/mol. The van der Waals surface area contributed by atoms with Crippen molar-refractivity contribution in [2.45, 2.75) is 38.5 Å². The van der Waals surface area contributed by atoms with Gasteiger partial charge in [-0.3, -0.25) is 0 Å².